The fraction of sp³-hybridized carbons (Fsp3) is 0.450. The lowest BCUT2D eigenvalue weighted by Gasteiger charge is -2.19. The Hall–Kier alpha value is -3.51. The smallest absolute Gasteiger partial charge is 0.243 e. The molecule has 5 amide bonds. The second-order valence-corrected chi connectivity index (χ2v) is 6.64. The van der Waals surface area contributed by atoms with Crippen molar-refractivity contribution in [3.8, 4) is 0 Å². The van der Waals surface area contributed by atoms with Gasteiger partial charge in [0.1, 0.15) is 19.4 Å². The van der Waals surface area contributed by atoms with Crippen LogP contribution in [0.15, 0.2) is 30.3 Å². The third-order valence-electron chi connectivity index (χ3n) is 3.95. The van der Waals surface area contributed by atoms with Crippen LogP contribution in [0.2, 0.25) is 0 Å². The van der Waals surface area contributed by atoms with Crippen LogP contribution in [-0.2, 0) is 35.1 Å². The molecule has 176 valence electrons. The number of primary amides is 1. The van der Waals surface area contributed by atoms with Crippen molar-refractivity contribution in [1.29, 1.82) is 0 Å². The Bertz CT molecular complexity index is 773. The Morgan fingerprint density at radius 2 is 1.56 bits per heavy atom. The molecular formula is C20H30N6O6. The van der Waals surface area contributed by atoms with Crippen molar-refractivity contribution in [2.24, 2.45) is 5.73 Å². The summed E-state index contributed by atoms with van der Waals surface area (Å²) in [5, 5.41) is 12.7. The Morgan fingerprint density at radius 3 is 2.22 bits per heavy atom. The van der Waals surface area contributed by atoms with E-state index in [9.17, 15) is 24.0 Å². The number of nitrogens with one attached hydrogen (secondary N) is 5. The van der Waals surface area contributed by atoms with E-state index < -0.39 is 29.7 Å². The molecule has 0 aliphatic rings. The highest BCUT2D eigenvalue weighted by Crippen LogP contribution is 2.03. The van der Waals surface area contributed by atoms with Gasteiger partial charge in [-0.15, -0.1) is 0 Å². The highest BCUT2D eigenvalue weighted by Gasteiger charge is 2.22. The second kappa shape index (κ2) is 15.3. The Morgan fingerprint density at radius 1 is 0.906 bits per heavy atom. The quantitative estimate of drug-likeness (QED) is 0.123. The van der Waals surface area contributed by atoms with Crippen LogP contribution in [0, 0.1) is 0 Å². The van der Waals surface area contributed by atoms with Crippen molar-refractivity contribution in [2.45, 2.75) is 19.4 Å². The highest BCUT2D eigenvalue weighted by atomic mass is 16.5. The zero-order chi connectivity index (χ0) is 23.8. The molecule has 1 aromatic carbocycles. The van der Waals surface area contributed by atoms with E-state index in [-0.39, 0.29) is 45.3 Å². The summed E-state index contributed by atoms with van der Waals surface area (Å²) >= 11 is 0. The standard InChI is InChI=1S/C20H30N6O6/c1-2-22-9-17(28)23-11-19(30)26-15(8-14-6-4-3-5-7-14)20(31)24-10-18(29)25-13-32-12-16(21)27/h3-7,15,22H,2,8-13H2,1H3,(H2,21,27)(H,23,28)(H,24,31)(H,25,29)(H,26,30). The highest BCUT2D eigenvalue weighted by molar-refractivity contribution is 5.92. The molecule has 0 heterocycles. The van der Waals surface area contributed by atoms with Crippen molar-refractivity contribution in [3.63, 3.8) is 0 Å². The monoisotopic (exact) mass is 450 g/mol. The molecule has 7 N–H and O–H groups in total. The maximum Gasteiger partial charge on any atom is 0.243 e. The minimum absolute atomic E-state index is 0.0793. The molecule has 12 nitrogen and oxygen atoms in total. The Labute approximate surface area is 186 Å². The topological polar surface area (TPSA) is 181 Å². The van der Waals surface area contributed by atoms with Gasteiger partial charge in [0.05, 0.1) is 19.6 Å². The van der Waals surface area contributed by atoms with Crippen LogP contribution < -0.4 is 32.3 Å². The molecule has 0 saturated carbocycles. The lowest BCUT2D eigenvalue weighted by molar-refractivity contribution is -0.131. The number of carbonyl (C=O) groups excluding carboxylic acids is 5. The molecule has 0 aromatic heterocycles. The number of rotatable bonds is 15. The van der Waals surface area contributed by atoms with E-state index in [1.165, 1.54) is 0 Å². The van der Waals surface area contributed by atoms with Gasteiger partial charge in [0, 0.05) is 6.42 Å². The van der Waals surface area contributed by atoms with Gasteiger partial charge >= 0.3 is 0 Å². The predicted octanol–water partition coefficient (Wildman–Crippen LogP) is -2.87. The number of ether oxygens (including phenoxy) is 1. The van der Waals surface area contributed by atoms with Crippen LogP contribution in [-0.4, -0.2) is 75.1 Å². The number of hydrogen-bond donors (Lipinski definition) is 6. The molecule has 32 heavy (non-hydrogen) atoms. The fourth-order valence-corrected chi connectivity index (χ4v) is 2.42. The van der Waals surface area contributed by atoms with Crippen LogP contribution in [0.1, 0.15) is 12.5 Å². The Kier molecular flexibility index (Phi) is 12.7. The lowest BCUT2D eigenvalue weighted by Crippen LogP contribution is -2.52. The molecule has 0 aliphatic carbocycles. The molecule has 0 fully saturated rings. The number of likely N-dealkylation sites (N-methyl/N-ethyl adjacent to an activating group) is 1. The maximum atomic E-state index is 12.6. The van der Waals surface area contributed by atoms with Gasteiger partial charge in [-0.1, -0.05) is 37.3 Å². The van der Waals surface area contributed by atoms with Crippen molar-refractivity contribution < 1.29 is 28.7 Å². The van der Waals surface area contributed by atoms with Crippen LogP contribution in [0.5, 0.6) is 0 Å². The zero-order valence-corrected chi connectivity index (χ0v) is 17.9. The van der Waals surface area contributed by atoms with Crippen molar-refractivity contribution in [2.75, 3.05) is 39.5 Å². The van der Waals surface area contributed by atoms with E-state index in [1.54, 1.807) is 24.3 Å². The van der Waals surface area contributed by atoms with Crippen LogP contribution in [0.4, 0.5) is 0 Å². The predicted molar refractivity (Wildman–Crippen MR) is 115 cm³/mol. The summed E-state index contributed by atoms with van der Waals surface area (Å²) in [6, 6.07) is 8.05. The minimum atomic E-state index is -0.963. The van der Waals surface area contributed by atoms with E-state index in [1.807, 2.05) is 13.0 Å². The van der Waals surface area contributed by atoms with Gasteiger partial charge in [-0.05, 0) is 12.1 Å². The summed E-state index contributed by atoms with van der Waals surface area (Å²) in [5.74, 6) is -2.70. The number of amides is 5. The molecule has 0 saturated heterocycles. The SMILES string of the molecule is CCNCC(=O)NCC(=O)NC(Cc1ccccc1)C(=O)NCC(=O)NCOCC(N)=O. The molecule has 0 bridgehead atoms. The molecule has 1 rings (SSSR count). The molecule has 0 radical (unpaired) electrons. The molecule has 1 aromatic rings. The molecule has 0 aliphatic heterocycles. The largest absolute Gasteiger partial charge is 0.368 e. The van der Waals surface area contributed by atoms with Crippen molar-refractivity contribution in [1.82, 2.24) is 26.6 Å². The van der Waals surface area contributed by atoms with E-state index in [4.69, 9.17) is 10.5 Å². The van der Waals surface area contributed by atoms with Gasteiger partial charge in [0.25, 0.3) is 0 Å². The normalized spacial score (nSPS) is 11.2. The summed E-state index contributed by atoms with van der Waals surface area (Å²) in [6.45, 7) is 1.30. The van der Waals surface area contributed by atoms with Gasteiger partial charge in [-0.2, -0.15) is 0 Å². The van der Waals surface area contributed by atoms with Gasteiger partial charge in [-0.25, -0.2) is 0 Å². The third kappa shape index (κ3) is 12.2. The van der Waals surface area contributed by atoms with Gasteiger partial charge in [0.15, 0.2) is 0 Å². The third-order valence-corrected chi connectivity index (χ3v) is 3.95. The number of hydrogen-bond acceptors (Lipinski definition) is 7. The van der Waals surface area contributed by atoms with E-state index in [0.717, 1.165) is 5.56 Å². The summed E-state index contributed by atoms with van der Waals surface area (Å²) in [6.07, 6.45) is 0.188. The number of carbonyl (C=O) groups is 5. The molecule has 12 heteroatoms. The summed E-state index contributed by atoms with van der Waals surface area (Å²) in [5.41, 5.74) is 5.71. The van der Waals surface area contributed by atoms with E-state index in [2.05, 4.69) is 26.6 Å². The Balaban J connectivity index is 2.57. The molecule has 0 spiro atoms. The van der Waals surface area contributed by atoms with Crippen molar-refractivity contribution in [3.05, 3.63) is 35.9 Å². The summed E-state index contributed by atoms with van der Waals surface area (Å²) < 4.78 is 4.81. The molecular weight excluding hydrogens is 420 g/mol. The first-order chi connectivity index (χ1) is 15.3. The molecule has 1 unspecified atom stereocenters. The number of nitrogens with two attached hydrogens (primary N) is 1. The first-order valence-corrected chi connectivity index (χ1v) is 10.0. The minimum Gasteiger partial charge on any atom is -0.368 e. The second-order valence-electron chi connectivity index (χ2n) is 6.64. The van der Waals surface area contributed by atoms with Crippen molar-refractivity contribution >= 4 is 29.5 Å². The lowest BCUT2D eigenvalue weighted by atomic mass is 10.1. The molecule has 1 atom stereocenters. The first-order valence-electron chi connectivity index (χ1n) is 10.0. The average Bonchev–Trinajstić information content (AvgIpc) is 2.77. The summed E-state index contributed by atoms with van der Waals surface area (Å²) in [7, 11) is 0. The first kappa shape index (κ1) is 26.5. The van der Waals surface area contributed by atoms with Crippen LogP contribution in [0.3, 0.4) is 0 Å². The van der Waals surface area contributed by atoms with E-state index >= 15 is 0 Å². The number of benzene rings is 1. The van der Waals surface area contributed by atoms with Gasteiger partial charge in [-0.3, -0.25) is 24.0 Å². The van der Waals surface area contributed by atoms with Crippen LogP contribution in [0.25, 0.3) is 0 Å². The maximum absolute atomic E-state index is 12.6. The fourth-order valence-electron chi connectivity index (χ4n) is 2.42. The van der Waals surface area contributed by atoms with E-state index in [0.29, 0.717) is 6.54 Å². The summed E-state index contributed by atoms with van der Waals surface area (Å²) in [4.78, 5) is 58.8. The zero-order valence-electron chi connectivity index (χ0n) is 17.9. The van der Waals surface area contributed by atoms with Crippen LogP contribution >= 0.6 is 0 Å². The van der Waals surface area contributed by atoms with Gasteiger partial charge < -0.3 is 37.1 Å². The average molecular weight is 450 g/mol. The van der Waals surface area contributed by atoms with Gasteiger partial charge in [0.2, 0.25) is 29.5 Å².